The fraction of sp³-hybridized carbons (Fsp3) is 0.0370. The van der Waals surface area contributed by atoms with E-state index in [1.54, 1.807) is 42.5 Å². The predicted octanol–water partition coefficient (Wildman–Crippen LogP) is 6.21. The second-order valence-electron chi connectivity index (χ2n) is 7.41. The van der Waals surface area contributed by atoms with Crippen molar-refractivity contribution in [2.24, 2.45) is 0 Å². The van der Waals surface area contributed by atoms with E-state index in [1.807, 2.05) is 61.5 Å². The van der Waals surface area contributed by atoms with Crippen LogP contribution in [0.3, 0.4) is 0 Å². The topological polar surface area (TPSA) is 58.2 Å². The molecule has 32 heavy (non-hydrogen) atoms. The zero-order valence-electron chi connectivity index (χ0n) is 17.4. The molecule has 0 aliphatic rings. The Morgan fingerprint density at radius 2 is 1.50 bits per heavy atom. The summed E-state index contributed by atoms with van der Waals surface area (Å²) < 4.78 is 0. The average Bonchev–Trinajstić information content (AvgIpc) is 2.80. The van der Waals surface area contributed by atoms with Crippen molar-refractivity contribution in [3.05, 3.63) is 118 Å². The van der Waals surface area contributed by atoms with E-state index >= 15 is 0 Å². The largest absolute Gasteiger partial charge is 0.321 e. The van der Waals surface area contributed by atoms with Gasteiger partial charge < -0.3 is 10.6 Å². The third-order valence-corrected chi connectivity index (χ3v) is 5.28. The van der Waals surface area contributed by atoms with E-state index in [0.717, 1.165) is 21.9 Å². The van der Waals surface area contributed by atoms with Gasteiger partial charge >= 0.3 is 0 Å². The van der Waals surface area contributed by atoms with Crippen molar-refractivity contribution in [3.8, 4) is 0 Å². The van der Waals surface area contributed by atoms with Crippen LogP contribution < -0.4 is 10.6 Å². The van der Waals surface area contributed by atoms with E-state index in [1.165, 1.54) is 0 Å². The third kappa shape index (κ3) is 5.05. The Labute approximate surface area is 191 Å². The second kappa shape index (κ2) is 9.50. The van der Waals surface area contributed by atoms with Gasteiger partial charge in [0, 0.05) is 16.3 Å². The molecular weight excluding hydrogens is 420 g/mol. The molecule has 4 aromatic rings. The molecule has 0 bridgehead atoms. The number of aryl methyl sites for hydroxylation is 1. The fourth-order valence-electron chi connectivity index (χ4n) is 3.32. The highest BCUT2D eigenvalue weighted by Crippen LogP contribution is 2.21. The lowest BCUT2D eigenvalue weighted by atomic mass is 10.0. The van der Waals surface area contributed by atoms with Gasteiger partial charge in [-0.3, -0.25) is 9.59 Å². The van der Waals surface area contributed by atoms with E-state index in [2.05, 4.69) is 10.6 Å². The van der Waals surface area contributed by atoms with Gasteiger partial charge in [-0.2, -0.15) is 0 Å². The van der Waals surface area contributed by atoms with Crippen LogP contribution in [0, 0.1) is 6.92 Å². The van der Waals surface area contributed by atoms with Gasteiger partial charge in [-0.25, -0.2) is 0 Å². The molecule has 0 aromatic heterocycles. The molecule has 4 nitrogen and oxygen atoms in total. The highest BCUT2D eigenvalue weighted by atomic mass is 35.5. The number of carbonyl (C=O) groups excluding carboxylic acids is 2. The Balaban J connectivity index is 1.70. The first-order chi connectivity index (χ1) is 15.5. The lowest BCUT2D eigenvalue weighted by molar-refractivity contribution is -0.113. The minimum Gasteiger partial charge on any atom is -0.321 e. The van der Waals surface area contributed by atoms with E-state index in [9.17, 15) is 9.59 Å². The number of hydrogen-bond acceptors (Lipinski definition) is 2. The van der Waals surface area contributed by atoms with Gasteiger partial charge in [-0.05, 0) is 65.7 Å². The molecule has 0 unspecified atom stereocenters. The SMILES string of the molecule is Cc1ccc(C(=O)NC(=Cc2cccc3ccccc23)C(=O)Nc2ccc(Cl)cc2)cc1. The molecule has 0 atom stereocenters. The lowest BCUT2D eigenvalue weighted by Gasteiger charge is -2.12. The van der Waals surface area contributed by atoms with E-state index < -0.39 is 5.91 Å². The molecule has 0 fully saturated rings. The summed E-state index contributed by atoms with van der Waals surface area (Å²) in [5, 5.41) is 8.20. The highest BCUT2D eigenvalue weighted by molar-refractivity contribution is 6.30. The molecule has 0 spiro atoms. The summed E-state index contributed by atoms with van der Waals surface area (Å²) in [7, 11) is 0. The Bertz CT molecular complexity index is 1300. The smallest absolute Gasteiger partial charge is 0.272 e. The summed E-state index contributed by atoms with van der Waals surface area (Å²) in [5.41, 5.74) is 3.07. The maximum Gasteiger partial charge on any atom is 0.272 e. The average molecular weight is 441 g/mol. The lowest BCUT2D eigenvalue weighted by Crippen LogP contribution is -2.30. The molecule has 5 heteroatoms. The summed E-state index contributed by atoms with van der Waals surface area (Å²) in [4.78, 5) is 26.0. The van der Waals surface area contributed by atoms with Gasteiger partial charge in [-0.1, -0.05) is 71.8 Å². The molecule has 158 valence electrons. The Hall–Kier alpha value is -3.89. The van der Waals surface area contributed by atoms with Gasteiger partial charge in [0.1, 0.15) is 5.70 Å². The number of nitrogens with one attached hydrogen (secondary N) is 2. The van der Waals surface area contributed by atoms with Gasteiger partial charge in [-0.15, -0.1) is 0 Å². The number of fused-ring (bicyclic) bond motifs is 1. The molecule has 0 saturated heterocycles. The normalized spacial score (nSPS) is 11.2. The van der Waals surface area contributed by atoms with Crippen LogP contribution in [0.15, 0.2) is 96.7 Å². The third-order valence-electron chi connectivity index (χ3n) is 5.03. The number of amides is 2. The van der Waals surface area contributed by atoms with Crippen LogP contribution in [0.2, 0.25) is 5.02 Å². The molecule has 0 heterocycles. The molecule has 0 aliphatic carbocycles. The van der Waals surface area contributed by atoms with Crippen molar-refractivity contribution in [1.29, 1.82) is 0 Å². The monoisotopic (exact) mass is 440 g/mol. The van der Waals surface area contributed by atoms with Crippen molar-refractivity contribution in [1.82, 2.24) is 5.32 Å². The second-order valence-corrected chi connectivity index (χ2v) is 7.84. The van der Waals surface area contributed by atoms with Crippen LogP contribution in [0.4, 0.5) is 5.69 Å². The van der Waals surface area contributed by atoms with Crippen LogP contribution in [-0.4, -0.2) is 11.8 Å². The van der Waals surface area contributed by atoms with Crippen LogP contribution >= 0.6 is 11.6 Å². The number of hydrogen-bond donors (Lipinski definition) is 2. The summed E-state index contributed by atoms with van der Waals surface area (Å²) in [6.45, 7) is 1.95. The predicted molar refractivity (Wildman–Crippen MR) is 131 cm³/mol. The molecule has 4 rings (SSSR count). The quantitative estimate of drug-likeness (QED) is 0.362. The summed E-state index contributed by atoms with van der Waals surface area (Å²) in [6, 6.07) is 27.7. The van der Waals surface area contributed by atoms with Gasteiger partial charge in [0.05, 0.1) is 0 Å². The van der Waals surface area contributed by atoms with Crippen LogP contribution in [0.25, 0.3) is 16.8 Å². The fourth-order valence-corrected chi connectivity index (χ4v) is 3.45. The first kappa shape index (κ1) is 21.3. The van der Waals surface area contributed by atoms with Gasteiger partial charge in [0.25, 0.3) is 11.8 Å². The zero-order chi connectivity index (χ0) is 22.5. The van der Waals surface area contributed by atoms with Gasteiger partial charge in [0.15, 0.2) is 0 Å². The number of anilines is 1. The Morgan fingerprint density at radius 3 is 2.25 bits per heavy atom. The minimum atomic E-state index is -0.430. The van der Waals surface area contributed by atoms with Crippen LogP contribution in [-0.2, 0) is 4.79 Å². The number of benzene rings is 4. The van der Waals surface area contributed by atoms with Crippen molar-refractivity contribution < 1.29 is 9.59 Å². The summed E-state index contributed by atoms with van der Waals surface area (Å²) in [6.07, 6.45) is 1.69. The van der Waals surface area contributed by atoms with E-state index in [0.29, 0.717) is 16.3 Å². The number of rotatable bonds is 5. The summed E-state index contributed by atoms with van der Waals surface area (Å²) in [5.74, 6) is -0.788. The van der Waals surface area contributed by atoms with E-state index in [4.69, 9.17) is 11.6 Å². The molecule has 0 saturated carbocycles. The molecule has 4 aromatic carbocycles. The Kier molecular flexibility index (Phi) is 6.34. The van der Waals surface area contributed by atoms with E-state index in [-0.39, 0.29) is 11.6 Å². The van der Waals surface area contributed by atoms with Crippen molar-refractivity contribution >= 4 is 46.0 Å². The standard InChI is InChI=1S/C27H21ClN2O2/c1-18-9-11-20(12-10-18)26(31)30-25(27(32)29-23-15-13-22(28)14-16-23)17-21-7-4-6-19-5-2-3-8-24(19)21/h2-17H,1H3,(H,29,32)(H,30,31). The molecule has 2 N–H and O–H groups in total. The van der Waals surface area contributed by atoms with Crippen molar-refractivity contribution in [2.45, 2.75) is 6.92 Å². The number of carbonyl (C=O) groups is 2. The minimum absolute atomic E-state index is 0.141. The van der Waals surface area contributed by atoms with Gasteiger partial charge in [0.2, 0.25) is 0 Å². The number of halogens is 1. The maximum absolute atomic E-state index is 13.1. The molecule has 0 aliphatic heterocycles. The first-order valence-electron chi connectivity index (χ1n) is 10.1. The summed E-state index contributed by atoms with van der Waals surface area (Å²) >= 11 is 5.94. The zero-order valence-corrected chi connectivity index (χ0v) is 18.2. The maximum atomic E-state index is 13.1. The Morgan fingerprint density at radius 1 is 0.812 bits per heavy atom. The molecular formula is C27H21ClN2O2. The van der Waals surface area contributed by atoms with Crippen molar-refractivity contribution in [2.75, 3.05) is 5.32 Å². The van der Waals surface area contributed by atoms with Crippen molar-refractivity contribution in [3.63, 3.8) is 0 Å². The highest BCUT2D eigenvalue weighted by Gasteiger charge is 2.16. The molecule has 2 amide bonds. The first-order valence-corrected chi connectivity index (χ1v) is 10.5. The van der Waals surface area contributed by atoms with Crippen LogP contribution in [0.1, 0.15) is 21.5 Å². The van der Waals surface area contributed by atoms with Crippen LogP contribution in [0.5, 0.6) is 0 Å². The molecule has 0 radical (unpaired) electrons.